The maximum Gasteiger partial charge on any atom is 0.319 e. The van der Waals surface area contributed by atoms with Crippen LogP contribution in [0.25, 0.3) is 0 Å². The van der Waals surface area contributed by atoms with Crippen LogP contribution < -0.4 is 11.9 Å². The first-order chi connectivity index (χ1) is 3.31. The van der Waals surface area contributed by atoms with Crippen LogP contribution in [-0.2, 0) is 9.53 Å². The second-order valence-corrected chi connectivity index (χ2v) is 1.01. The van der Waals surface area contributed by atoms with Crippen molar-refractivity contribution in [3.05, 3.63) is 0 Å². The molecule has 0 aliphatic rings. The van der Waals surface area contributed by atoms with Gasteiger partial charge in [0.25, 0.3) is 0 Å². The van der Waals surface area contributed by atoms with E-state index in [1.54, 1.807) is 6.92 Å². The Bertz CT molecular complexity index is 65.1. The summed E-state index contributed by atoms with van der Waals surface area (Å²) in [4.78, 5) is 10.1. The van der Waals surface area contributed by atoms with Gasteiger partial charge in [0.2, 0.25) is 0 Å². The average Bonchev–Trinajstić information content (AvgIpc) is 1.68. The topological polar surface area (TPSA) is 87.3 Å². The highest BCUT2D eigenvalue weighted by atomic mass is 16.5. The zero-order chi connectivity index (χ0) is 5.70. The molecule has 0 heterocycles. The molecule has 4 heteroatoms. The molecule has 0 fully saturated rings. The van der Waals surface area contributed by atoms with E-state index in [4.69, 9.17) is 5.73 Å². The molecule has 0 saturated carbocycles. The molecule has 0 aliphatic carbocycles. The molecule has 0 unspecified atom stereocenters. The first-order valence-electron chi connectivity index (χ1n) is 2.17. The Labute approximate surface area is 48.6 Å². The minimum atomic E-state index is -0.345. The van der Waals surface area contributed by atoms with Gasteiger partial charge >= 0.3 is 5.97 Å². The summed E-state index contributed by atoms with van der Waals surface area (Å²) in [5.74, 6) is -0.345. The summed E-state index contributed by atoms with van der Waals surface area (Å²) >= 11 is 0. The van der Waals surface area contributed by atoms with Crippen LogP contribution in [0.4, 0.5) is 0 Å². The van der Waals surface area contributed by atoms with Gasteiger partial charge in [0.15, 0.2) is 0 Å². The van der Waals surface area contributed by atoms with Crippen LogP contribution in [0.1, 0.15) is 6.92 Å². The molecule has 0 aliphatic heterocycles. The third-order valence-corrected chi connectivity index (χ3v) is 0.472. The van der Waals surface area contributed by atoms with Crippen molar-refractivity contribution in [1.29, 1.82) is 0 Å². The number of ether oxygens (including phenoxy) is 1. The van der Waals surface area contributed by atoms with Crippen molar-refractivity contribution in [3.8, 4) is 0 Å². The molecule has 4 nitrogen and oxygen atoms in total. The van der Waals surface area contributed by atoms with Gasteiger partial charge in [0.05, 0.1) is 13.2 Å². The fourth-order valence-electron chi connectivity index (χ4n) is 0.220. The highest BCUT2D eigenvalue weighted by molar-refractivity contribution is 5.71. The molecule has 0 aromatic rings. The number of hydrogen-bond acceptors (Lipinski definition) is 4. The first-order valence-corrected chi connectivity index (χ1v) is 2.17. The van der Waals surface area contributed by atoms with Crippen LogP contribution in [0.15, 0.2) is 0 Å². The van der Waals surface area contributed by atoms with E-state index in [1.165, 1.54) is 0 Å². The Kier molecular flexibility index (Phi) is 8.30. The quantitative estimate of drug-likeness (QED) is 0.488. The van der Waals surface area contributed by atoms with Crippen molar-refractivity contribution in [2.45, 2.75) is 6.92 Å². The lowest BCUT2D eigenvalue weighted by molar-refractivity contribution is -0.141. The van der Waals surface area contributed by atoms with Gasteiger partial charge in [-0.15, -0.1) is 0 Å². The highest BCUT2D eigenvalue weighted by Gasteiger charge is 1.91. The predicted octanol–water partition coefficient (Wildman–Crippen LogP) is -0.330. The highest BCUT2D eigenvalue weighted by Crippen LogP contribution is 1.69. The Morgan fingerprint density at radius 3 is 2.38 bits per heavy atom. The lowest BCUT2D eigenvalue weighted by Crippen LogP contribution is -2.16. The molecule has 5 N–H and O–H groups in total. The number of carbonyl (C=O) groups is 1. The van der Waals surface area contributed by atoms with E-state index in [0.717, 1.165) is 0 Å². The Morgan fingerprint density at radius 2 is 2.25 bits per heavy atom. The van der Waals surface area contributed by atoms with Crippen LogP contribution in [0, 0.1) is 0 Å². The van der Waals surface area contributed by atoms with Gasteiger partial charge in [-0.2, -0.15) is 0 Å². The maximum absolute atomic E-state index is 10.1. The number of hydrogen-bond donors (Lipinski definition) is 2. The van der Waals surface area contributed by atoms with Crippen molar-refractivity contribution < 1.29 is 9.53 Å². The number of rotatable bonds is 2. The molecule has 8 heavy (non-hydrogen) atoms. The van der Waals surface area contributed by atoms with E-state index in [1.807, 2.05) is 0 Å². The summed E-state index contributed by atoms with van der Waals surface area (Å²) in [6.07, 6.45) is 0. The van der Waals surface area contributed by atoms with E-state index < -0.39 is 0 Å². The smallest absolute Gasteiger partial charge is 0.319 e. The second-order valence-electron chi connectivity index (χ2n) is 1.01. The molecule has 0 saturated heterocycles. The molecule has 0 aromatic heterocycles. The van der Waals surface area contributed by atoms with Gasteiger partial charge in [0, 0.05) is 0 Å². The molecule has 0 rings (SSSR count). The van der Waals surface area contributed by atoms with Crippen molar-refractivity contribution in [3.63, 3.8) is 0 Å². The summed E-state index contributed by atoms with van der Waals surface area (Å²) in [6, 6.07) is 0. The molecule has 0 spiro atoms. The SMILES string of the molecule is CCOC(=O)CN.N. The van der Waals surface area contributed by atoms with Gasteiger partial charge in [0.1, 0.15) is 0 Å². The molecular weight excluding hydrogens is 108 g/mol. The van der Waals surface area contributed by atoms with Crippen LogP contribution >= 0.6 is 0 Å². The van der Waals surface area contributed by atoms with E-state index in [0.29, 0.717) is 6.61 Å². The average molecular weight is 120 g/mol. The van der Waals surface area contributed by atoms with E-state index in [2.05, 4.69) is 4.74 Å². The van der Waals surface area contributed by atoms with Gasteiger partial charge < -0.3 is 16.6 Å². The molecule has 0 atom stereocenters. The maximum atomic E-state index is 10.1. The Balaban J connectivity index is 0. The molecule has 0 aromatic carbocycles. The monoisotopic (exact) mass is 120 g/mol. The predicted molar refractivity (Wildman–Crippen MR) is 30.7 cm³/mol. The lowest BCUT2D eigenvalue weighted by atomic mass is 10.7. The van der Waals surface area contributed by atoms with E-state index in [9.17, 15) is 4.79 Å². The summed E-state index contributed by atoms with van der Waals surface area (Å²) in [7, 11) is 0. The largest absolute Gasteiger partial charge is 0.465 e. The second kappa shape index (κ2) is 6.39. The van der Waals surface area contributed by atoms with Crippen LogP contribution in [-0.4, -0.2) is 19.1 Å². The minimum absolute atomic E-state index is 0. The Morgan fingerprint density at radius 1 is 1.75 bits per heavy atom. The zero-order valence-electron chi connectivity index (χ0n) is 5.02. The van der Waals surface area contributed by atoms with Crippen molar-refractivity contribution in [2.75, 3.05) is 13.2 Å². The Hall–Kier alpha value is -0.610. The normalized spacial score (nSPS) is 7.25. The fraction of sp³-hybridized carbons (Fsp3) is 0.750. The summed E-state index contributed by atoms with van der Waals surface area (Å²) < 4.78 is 4.43. The van der Waals surface area contributed by atoms with Crippen molar-refractivity contribution >= 4 is 5.97 Å². The first kappa shape index (κ1) is 10.4. The van der Waals surface area contributed by atoms with Crippen LogP contribution in [0.5, 0.6) is 0 Å². The van der Waals surface area contributed by atoms with Gasteiger partial charge in [-0.05, 0) is 6.92 Å². The third kappa shape index (κ3) is 5.39. The van der Waals surface area contributed by atoms with Gasteiger partial charge in [-0.1, -0.05) is 0 Å². The molecule has 50 valence electrons. The van der Waals surface area contributed by atoms with Crippen LogP contribution in [0.2, 0.25) is 0 Å². The zero-order valence-corrected chi connectivity index (χ0v) is 5.02. The van der Waals surface area contributed by atoms with E-state index in [-0.39, 0.29) is 18.7 Å². The van der Waals surface area contributed by atoms with Crippen molar-refractivity contribution in [2.24, 2.45) is 5.73 Å². The molecule has 0 radical (unpaired) electrons. The van der Waals surface area contributed by atoms with E-state index >= 15 is 0 Å². The standard InChI is InChI=1S/C4H9NO2.H3N/c1-2-7-4(6)3-5;/h2-3,5H2,1H3;1H3. The van der Waals surface area contributed by atoms with Gasteiger partial charge in [-0.25, -0.2) is 0 Å². The summed E-state index contributed by atoms with van der Waals surface area (Å²) in [6.45, 7) is 2.14. The third-order valence-electron chi connectivity index (χ3n) is 0.472. The van der Waals surface area contributed by atoms with Crippen LogP contribution in [0.3, 0.4) is 0 Å². The lowest BCUT2D eigenvalue weighted by Gasteiger charge is -1.93. The minimum Gasteiger partial charge on any atom is -0.465 e. The number of carbonyl (C=O) groups excluding carboxylic acids is 1. The summed E-state index contributed by atoms with van der Waals surface area (Å²) in [5, 5.41) is 0. The molecule has 0 bridgehead atoms. The number of nitrogens with two attached hydrogens (primary N) is 1. The van der Waals surface area contributed by atoms with Gasteiger partial charge in [-0.3, -0.25) is 4.79 Å². The molecule has 0 amide bonds. The fourth-order valence-corrected chi connectivity index (χ4v) is 0.220. The molecular formula is C4H12N2O2. The summed E-state index contributed by atoms with van der Waals surface area (Å²) in [5.41, 5.74) is 4.88. The number of esters is 1. The van der Waals surface area contributed by atoms with Crippen molar-refractivity contribution in [1.82, 2.24) is 6.15 Å².